The molecule has 2 aliphatic heterocycles. The SMILES string of the molecule is Br[C@@]12[C@@H]3[C@@H]4[C@H]5[C@@H]3[C@@H]1[C@@H]([C@H]4C21OCCO1)C51OCCO1. The van der Waals surface area contributed by atoms with Crippen molar-refractivity contribution in [3.05, 3.63) is 0 Å². The van der Waals surface area contributed by atoms with Crippen LogP contribution in [0.15, 0.2) is 0 Å². The van der Waals surface area contributed by atoms with Gasteiger partial charge < -0.3 is 18.9 Å². The van der Waals surface area contributed by atoms with Crippen LogP contribution in [0.25, 0.3) is 0 Å². The normalized spacial score (nSPS) is 70.3. The average Bonchev–Trinajstić information content (AvgIpc) is 3.15. The van der Waals surface area contributed by atoms with E-state index in [0.717, 1.165) is 38.3 Å². The molecule has 6 aliphatic carbocycles. The Balaban J connectivity index is 1.50. The van der Waals surface area contributed by atoms with Gasteiger partial charge in [0, 0.05) is 17.8 Å². The van der Waals surface area contributed by atoms with Crippen LogP contribution in [0.4, 0.5) is 0 Å². The molecule has 8 atom stereocenters. The van der Waals surface area contributed by atoms with Crippen molar-refractivity contribution >= 4 is 15.9 Å². The van der Waals surface area contributed by atoms with Crippen molar-refractivity contribution in [2.24, 2.45) is 41.4 Å². The fraction of sp³-hybridized carbons (Fsp3) is 1.00. The van der Waals surface area contributed by atoms with Crippen molar-refractivity contribution in [1.82, 2.24) is 0 Å². The summed E-state index contributed by atoms with van der Waals surface area (Å²) < 4.78 is 24.8. The lowest BCUT2D eigenvalue weighted by atomic mass is 9.41. The van der Waals surface area contributed by atoms with Gasteiger partial charge in [-0.2, -0.15) is 0 Å². The minimum atomic E-state index is -0.359. The zero-order chi connectivity index (χ0) is 12.2. The molecule has 0 amide bonds. The summed E-state index contributed by atoms with van der Waals surface area (Å²) in [4.78, 5) is 0. The highest BCUT2D eigenvalue weighted by atomic mass is 79.9. The molecular formula is C14H15BrO4. The summed E-state index contributed by atoms with van der Waals surface area (Å²) in [6.07, 6.45) is 0. The molecule has 0 N–H and O–H groups in total. The van der Waals surface area contributed by atoms with Crippen LogP contribution in [0.5, 0.6) is 0 Å². The lowest BCUT2D eigenvalue weighted by Crippen LogP contribution is -2.71. The van der Waals surface area contributed by atoms with E-state index in [4.69, 9.17) is 18.9 Å². The van der Waals surface area contributed by atoms with Gasteiger partial charge in [0.05, 0.1) is 30.8 Å². The molecule has 4 bridgehead atoms. The summed E-state index contributed by atoms with van der Waals surface area (Å²) in [6.45, 7) is 3.01. The first kappa shape index (κ1) is 10.1. The maximum Gasteiger partial charge on any atom is 0.187 e. The molecule has 2 saturated heterocycles. The predicted octanol–water partition coefficient (Wildman–Crippen LogP) is 0.988. The second-order valence-corrected chi connectivity index (χ2v) is 8.65. The van der Waals surface area contributed by atoms with Crippen LogP contribution in [-0.4, -0.2) is 42.3 Å². The van der Waals surface area contributed by atoms with Crippen LogP contribution < -0.4 is 0 Å². The molecule has 8 aliphatic rings. The molecule has 0 aromatic rings. The van der Waals surface area contributed by atoms with E-state index in [1.165, 1.54) is 0 Å². The molecule has 19 heavy (non-hydrogen) atoms. The smallest absolute Gasteiger partial charge is 0.187 e. The summed E-state index contributed by atoms with van der Waals surface area (Å²) in [5.74, 6) is 3.89. The number of halogens is 1. The molecular weight excluding hydrogens is 312 g/mol. The maximum absolute atomic E-state index is 6.21. The molecule has 5 heteroatoms. The van der Waals surface area contributed by atoms with E-state index < -0.39 is 0 Å². The van der Waals surface area contributed by atoms with E-state index >= 15 is 0 Å². The highest BCUT2D eigenvalue weighted by Gasteiger charge is 3.04. The first-order chi connectivity index (χ1) is 9.27. The monoisotopic (exact) mass is 326 g/mol. The van der Waals surface area contributed by atoms with Crippen molar-refractivity contribution < 1.29 is 18.9 Å². The quantitative estimate of drug-likeness (QED) is 0.622. The Bertz CT molecular complexity index is 526. The van der Waals surface area contributed by atoms with Gasteiger partial charge >= 0.3 is 0 Å². The van der Waals surface area contributed by atoms with Crippen LogP contribution in [0.2, 0.25) is 0 Å². The molecule has 0 aromatic heterocycles. The summed E-state index contributed by atoms with van der Waals surface area (Å²) in [7, 11) is 0. The number of hydrogen-bond acceptors (Lipinski definition) is 4. The van der Waals surface area contributed by atoms with Gasteiger partial charge in [-0.05, 0) is 23.7 Å². The summed E-state index contributed by atoms with van der Waals surface area (Å²) in [6, 6.07) is 0. The van der Waals surface area contributed by atoms with Crippen molar-refractivity contribution in [1.29, 1.82) is 0 Å². The van der Waals surface area contributed by atoms with Crippen molar-refractivity contribution in [3.8, 4) is 0 Å². The molecule has 0 aromatic carbocycles. The van der Waals surface area contributed by atoms with E-state index in [-0.39, 0.29) is 15.9 Å². The van der Waals surface area contributed by atoms with E-state index in [1.54, 1.807) is 0 Å². The number of alkyl halides is 1. The topological polar surface area (TPSA) is 36.9 Å². The zero-order valence-electron chi connectivity index (χ0n) is 10.4. The zero-order valence-corrected chi connectivity index (χ0v) is 12.0. The van der Waals surface area contributed by atoms with E-state index in [0.29, 0.717) is 29.6 Å². The second kappa shape index (κ2) is 2.45. The molecule has 0 radical (unpaired) electrons. The van der Waals surface area contributed by atoms with E-state index in [9.17, 15) is 0 Å². The second-order valence-electron chi connectivity index (χ2n) is 7.33. The lowest BCUT2D eigenvalue weighted by molar-refractivity contribution is -0.243. The number of rotatable bonds is 0. The standard InChI is InChI=1S/C14H15BrO4/c15-12-7-5-8-6(7)10(14(12)18-3-4-19-14)11(9(5)12)13(8)16-1-2-17-13/h5-11H,1-4H2/t5-,6-,7+,8-,9-,10+,11+,12+/m1/s1. The third-order valence-electron chi connectivity index (χ3n) is 7.59. The van der Waals surface area contributed by atoms with Crippen LogP contribution >= 0.6 is 15.9 Å². The average molecular weight is 327 g/mol. The van der Waals surface area contributed by atoms with Gasteiger partial charge in [-0.1, -0.05) is 15.9 Å². The Morgan fingerprint density at radius 2 is 1.32 bits per heavy atom. The fourth-order valence-corrected chi connectivity index (χ4v) is 9.45. The Labute approximate surface area is 119 Å². The van der Waals surface area contributed by atoms with Gasteiger partial charge in [0.2, 0.25) is 0 Å². The van der Waals surface area contributed by atoms with Crippen LogP contribution in [0.1, 0.15) is 0 Å². The summed E-state index contributed by atoms with van der Waals surface area (Å²) in [5.41, 5.74) is 0. The lowest BCUT2D eigenvalue weighted by Gasteiger charge is -2.66. The Morgan fingerprint density at radius 1 is 0.684 bits per heavy atom. The summed E-state index contributed by atoms with van der Waals surface area (Å²) in [5, 5.41) is 0. The first-order valence-corrected chi connectivity index (χ1v) is 8.31. The Hall–Kier alpha value is 0.320. The van der Waals surface area contributed by atoms with Crippen LogP contribution in [-0.2, 0) is 18.9 Å². The molecule has 8 rings (SSSR count). The van der Waals surface area contributed by atoms with Gasteiger partial charge in [0.25, 0.3) is 0 Å². The molecule has 6 saturated carbocycles. The van der Waals surface area contributed by atoms with Gasteiger partial charge in [-0.3, -0.25) is 0 Å². The van der Waals surface area contributed by atoms with E-state index in [1.807, 2.05) is 0 Å². The van der Waals surface area contributed by atoms with Gasteiger partial charge in [0.15, 0.2) is 11.6 Å². The third kappa shape index (κ3) is 0.612. The number of ether oxygens (including phenoxy) is 4. The summed E-state index contributed by atoms with van der Waals surface area (Å²) >= 11 is 4.09. The molecule has 0 unspecified atom stereocenters. The predicted molar refractivity (Wildman–Crippen MR) is 65.4 cm³/mol. The van der Waals surface area contributed by atoms with Crippen LogP contribution in [0, 0.1) is 41.4 Å². The third-order valence-corrected chi connectivity index (χ3v) is 9.20. The van der Waals surface area contributed by atoms with Gasteiger partial charge in [0.1, 0.15) is 0 Å². The van der Waals surface area contributed by atoms with Gasteiger partial charge in [-0.25, -0.2) is 0 Å². The molecule has 2 spiro atoms. The minimum absolute atomic E-state index is 0.0659. The highest BCUT2D eigenvalue weighted by Crippen LogP contribution is 2.97. The van der Waals surface area contributed by atoms with E-state index in [2.05, 4.69) is 15.9 Å². The Morgan fingerprint density at radius 3 is 2.00 bits per heavy atom. The molecule has 2 heterocycles. The number of hydrogen-bond donors (Lipinski definition) is 0. The first-order valence-electron chi connectivity index (χ1n) is 7.52. The highest BCUT2D eigenvalue weighted by molar-refractivity contribution is 9.10. The molecule has 4 nitrogen and oxygen atoms in total. The van der Waals surface area contributed by atoms with Gasteiger partial charge in [-0.15, -0.1) is 0 Å². The molecule has 8 fully saturated rings. The van der Waals surface area contributed by atoms with Crippen LogP contribution in [0.3, 0.4) is 0 Å². The van der Waals surface area contributed by atoms with Crippen molar-refractivity contribution in [3.63, 3.8) is 0 Å². The minimum Gasteiger partial charge on any atom is -0.347 e. The molecule has 102 valence electrons. The Kier molecular flexibility index (Phi) is 1.31. The van der Waals surface area contributed by atoms with Crippen molar-refractivity contribution in [2.45, 2.75) is 15.9 Å². The van der Waals surface area contributed by atoms with Crippen molar-refractivity contribution in [2.75, 3.05) is 26.4 Å². The fourth-order valence-electron chi connectivity index (χ4n) is 7.76. The largest absolute Gasteiger partial charge is 0.347 e. The maximum atomic E-state index is 6.21.